The molecule has 0 unspecified atom stereocenters. The van der Waals surface area contributed by atoms with Crippen LogP contribution in [-0.2, 0) is 21.0 Å². The van der Waals surface area contributed by atoms with Crippen LogP contribution in [0.5, 0.6) is 0 Å². The van der Waals surface area contributed by atoms with Crippen LogP contribution in [0.15, 0.2) is 43.0 Å². The van der Waals surface area contributed by atoms with Gasteiger partial charge in [0.05, 0.1) is 7.05 Å². The molecule has 0 aliphatic rings. The smallest absolute Gasteiger partial charge is 0.442 e. The second-order valence-corrected chi connectivity index (χ2v) is 3.15. The first-order chi connectivity index (χ1) is 8.13. The lowest BCUT2D eigenvalue weighted by Crippen LogP contribution is -2.29. The number of benzene rings is 1. The highest BCUT2D eigenvalue weighted by Gasteiger charge is 2.13. The zero-order valence-corrected chi connectivity index (χ0v) is 9.46. The Kier molecular flexibility index (Phi) is 4.75. The highest BCUT2D eigenvalue weighted by Crippen LogP contribution is 2.02. The minimum Gasteiger partial charge on any atom is -0.442 e. The summed E-state index contributed by atoms with van der Waals surface area (Å²) in [4.78, 5) is 26.7. The molecule has 1 aromatic rings. The third-order valence-electron chi connectivity index (χ3n) is 1.86. The molecular weight excluding hydrogens is 222 g/mol. The van der Waals surface area contributed by atoms with Crippen LogP contribution in [0.1, 0.15) is 5.56 Å². The molecule has 0 radical (unpaired) electrons. The molecule has 0 aliphatic carbocycles. The summed E-state index contributed by atoms with van der Waals surface area (Å²) in [7, 11) is 1.29. The fourth-order valence-electron chi connectivity index (χ4n) is 1.02. The predicted molar refractivity (Wildman–Crippen MR) is 60.7 cm³/mol. The number of ether oxygens (including phenoxy) is 1. The Hall–Kier alpha value is -2.30. The molecule has 0 fully saturated rings. The van der Waals surface area contributed by atoms with Crippen molar-refractivity contribution in [3.05, 3.63) is 48.6 Å². The van der Waals surface area contributed by atoms with Gasteiger partial charge >= 0.3 is 12.1 Å². The summed E-state index contributed by atoms with van der Waals surface area (Å²) in [5, 5.41) is 0.715. The van der Waals surface area contributed by atoms with E-state index < -0.39 is 12.1 Å². The van der Waals surface area contributed by atoms with Gasteiger partial charge in [-0.05, 0) is 5.56 Å². The predicted octanol–water partition coefficient (Wildman–Crippen LogP) is 1.90. The number of hydrogen-bond donors (Lipinski definition) is 0. The van der Waals surface area contributed by atoms with E-state index in [1.807, 2.05) is 30.3 Å². The average molecular weight is 235 g/mol. The Morgan fingerprint density at radius 3 is 2.59 bits per heavy atom. The Morgan fingerprint density at radius 2 is 2.00 bits per heavy atom. The van der Waals surface area contributed by atoms with E-state index in [9.17, 15) is 9.59 Å². The Labute approximate surface area is 99.2 Å². The minimum absolute atomic E-state index is 0.121. The molecule has 5 heteroatoms. The van der Waals surface area contributed by atoms with Gasteiger partial charge in [-0.25, -0.2) is 9.59 Å². The van der Waals surface area contributed by atoms with E-state index in [1.165, 1.54) is 7.05 Å². The third kappa shape index (κ3) is 4.38. The van der Waals surface area contributed by atoms with E-state index >= 15 is 0 Å². The van der Waals surface area contributed by atoms with Crippen LogP contribution in [0, 0.1) is 0 Å². The number of hydroxylamine groups is 2. The molecule has 1 aromatic carbocycles. The second kappa shape index (κ2) is 6.32. The van der Waals surface area contributed by atoms with E-state index in [0.717, 1.165) is 11.6 Å². The van der Waals surface area contributed by atoms with Gasteiger partial charge in [0.1, 0.15) is 6.61 Å². The first-order valence-electron chi connectivity index (χ1n) is 4.92. The zero-order chi connectivity index (χ0) is 12.7. The van der Waals surface area contributed by atoms with E-state index in [0.29, 0.717) is 5.06 Å². The fraction of sp³-hybridized carbons (Fsp3) is 0.167. The Bertz CT molecular complexity index is 402. The first kappa shape index (κ1) is 12.8. The van der Waals surface area contributed by atoms with E-state index in [-0.39, 0.29) is 6.61 Å². The Balaban J connectivity index is 2.39. The van der Waals surface area contributed by atoms with Crippen molar-refractivity contribution in [2.45, 2.75) is 6.61 Å². The molecule has 0 aromatic heterocycles. The maximum Gasteiger partial charge on any atom is 0.443 e. The molecule has 0 bridgehead atoms. The topological polar surface area (TPSA) is 55.8 Å². The molecule has 1 rings (SSSR count). The zero-order valence-electron chi connectivity index (χ0n) is 9.46. The van der Waals surface area contributed by atoms with Crippen LogP contribution < -0.4 is 0 Å². The number of amides is 1. The van der Waals surface area contributed by atoms with Crippen LogP contribution in [0.4, 0.5) is 4.79 Å². The van der Waals surface area contributed by atoms with Crippen molar-refractivity contribution >= 4 is 12.1 Å². The van der Waals surface area contributed by atoms with Crippen LogP contribution in [0.2, 0.25) is 0 Å². The SMILES string of the molecule is C=CC(=O)ON(C)C(=O)OCc1ccccc1. The summed E-state index contributed by atoms with van der Waals surface area (Å²) in [5.74, 6) is -0.718. The average Bonchev–Trinajstić information content (AvgIpc) is 2.36. The van der Waals surface area contributed by atoms with Gasteiger partial charge in [-0.15, -0.1) is 5.06 Å². The number of carbonyl (C=O) groups is 2. The van der Waals surface area contributed by atoms with Gasteiger partial charge in [-0.3, -0.25) is 0 Å². The summed E-state index contributed by atoms with van der Waals surface area (Å²) in [6, 6.07) is 9.19. The summed E-state index contributed by atoms with van der Waals surface area (Å²) in [6.45, 7) is 3.33. The molecule has 1 amide bonds. The highest BCUT2D eigenvalue weighted by atomic mass is 16.7. The largest absolute Gasteiger partial charge is 0.443 e. The summed E-state index contributed by atoms with van der Waals surface area (Å²) >= 11 is 0. The molecular formula is C12H13NO4. The van der Waals surface area contributed by atoms with Crippen molar-refractivity contribution in [1.82, 2.24) is 5.06 Å². The van der Waals surface area contributed by atoms with Crippen LogP contribution in [0.3, 0.4) is 0 Å². The molecule has 90 valence electrons. The van der Waals surface area contributed by atoms with Gasteiger partial charge < -0.3 is 9.57 Å². The second-order valence-electron chi connectivity index (χ2n) is 3.15. The van der Waals surface area contributed by atoms with Crippen molar-refractivity contribution in [1.29, 1.82) is 0 Å². The van der Waals surface area contributed by atoms with Crippen LogP contribution in [-0.4, -0.2) is 24.2 Å². The van der Waals surface area contributed by atoms with Crippen molar-refractivity contribution in [2.75, 3.05) is 7.05 Å². The lowest BCUT2D eigenvalue weighted by atomic mass is 10.2. The quantitative estimate of drug-likeness (QED) is 0.593. The summed E-state index contributed by atoms with van der Waals surface area (Å²) < 4.78 is 4.91. The monoisotopic (exact) mass is 235 g/mol. The number of carbonyl (C=O) groups excluding carboxylic acids is 2. The standard InChI is InChI=1S/C12H13NO4/c1-3-11(14)17-13(2)12(15)16-9-10-7-5-4-6-8-10/h3-8H,1,9H2,2H3. The van der Waals surface area contributed by atoms with Crippen molar-refractivity contribution < 1.29 is 19.2 Å². The molecule has 0 saturated carbocycles. The van der Waals surface area contributed by atoms with Gasteiger partial charge in [-0.1, -0.05) is 36.9 Å². The molecule has 5 nitrogen and oxygen atoms in total. The van der Waals surface area contributed by atoms with Crippen LogP contribution in [0.25, 0.3) is 0 Å². The van der Waals surface area contributed by atoms with Gasteiger partial charge in [0, 0.05) is 6.08 Å². The molecule has 17 heavy (non-hydrogen) atoms. The van der Waals surface area contributed by atoms with E-state index in [2.05, 4.69) is 11.4 Å². The molecule has 0 spiro atoms. The molecule has 0 heterocycles. The first-order valence-corrected chi connectivity index (χ1v) is 4.92. The normalized spacial score (nSPS) is 9.24. The number of rotatable bonds is 3. The summed E-state index contributed by atoms with van der Waals surface area (Å²) in [6.07, 6.45) is 0.213. The van der Waals surface area contributed by atoms with Gasteiger partial charge in [0.25, 0.3) is 0 Å². The number of hydrogen-bond acceptors (Lipinski definition) is 4. The molecule has 0 aliphatic heterocycles. The minimum atomic E-state index is -0.746. The van der Waals surface area contributed by atoms with Gasteiger partial charge in [0.15, 0.2) is 0 Å². The maximum absolute atomic E-state index is 11.4. The van der Waals surface area contributed by atoms with Crippen LogP contribution >= 0.6 is 0 Å². The van der Waals surface area contributed by atoms with Crippen molar-refractivity contribution in [3.8, 4) is 0 Å². The number of nitrogens with zero attached hydrogens (tertiary/aromatic N) is 1. The van der Waals surface area contributed by atoms with Crippen molar-refractivity contribution in [2.24, 2.45) is 0 Å². The lowest BCUT2D eigenvalue weighted by Gasteiger charge is -2.14. The molecule has 0 atom stereocenters. The lowest BCUT2D eigenvalue weighted by molar-refractivity contribution is -0.170. The maximum atomic E-state index is 11.4. The summed E-state index contributed by atoms with van der Waals surface area (Å²) in [5.41, 5.74) is 0.851. The fourth-order valence-corrected chi connectivity index (χ4v) is 1.02. The van der Waals surface area contributed by atoms with Gasteiger partial charge in [0.2, 0.25) is 0 Å². The molecule has 0 saturated heterocycles. The molecule has 0 N–H and O–H groups in total. The van der Waals surface area contributed by atoms with E-state index in [1.54, 1.807) is 0 Å². The van der Waals surface area contributed by atoms with Gasteiger partial charge in [-0.2, -0.15) is 0 Å². The Morgan fingerprint density at radius 1 is 1.35 bits per heavy atom. The third-order valence-corrected chi connectivity index (χ3v) is 1.86. The highest BCUT2D eigenvalue weighted by molar-refractivity contribution is 5.82. The van der Waals surface area contributed by atoms with E-state index in [4.69, 9.17) is 4.74 Å². The van der Waals surface area contributed by atoms with Crippen molar-refractivity contribution in [3.63, 3.8) is 0 Å².